The van der Waals surface area contributed by atoms with E-state index >= 15 is 0 Å². The molecule has 0 unspecified atom stereocenters. The zero-order valence-corrected chi connectivity index (χ0v) is 11.9. The van der Waals surface area contributed by atoms with Gasteiger partial charge in [0, 0.05) is 13.1 Å². The second kappa shape index (κ2) is 6.03. The van der Waals surface area contributed by atoms with Crippen molar-refractivity contribution in [1.82, 2.24) is 0 Å². The summed E-state index contributed by atoms with van der Waals surface area (Å²) in [6.07, 6.45) is 3.31. The van der Waals surface area contributed by atoms with E-state index in [4.69, 9.17) is 0 Å². The summed E-state index contributed by atoms with van der Waals surface area (Å²) in [5.74, 6) is 0. The van der Waals surface area contributed by atoms with Crippen molar-refractivity contribution in [2.75, 3.05) is 23.7 Å². The van der Waals surface area contributed by atoms with E-state index in [1.54, 1.807) is 0 Å². The lowest BCUT2D eigenvalue weighted by Crippen LogP contribution is -2.37. The minimum atomic E-state index is -0.394. The molecular weight excluding hydrogens is 228 g/mol. The summed E-state index contributed by atoms with van der Waals surface area (Å²) in [4.78, 5) is 22.6. The summed E-state index contributed by atoms with van der Waals surface area (Å²) in [5, 5.41) is 5.99. The fraction of sp³-hybridized carbons (Fsp3) is 0.714. The van der Waals surface area contributed by atoms with Gasteiger partial charge in [0.15, 0.2) is 0 Å². The average Bonchev–Trinajstić information content (AvgIpc) is 2.29. The molecule has 4 heteroatoms. The van der Waals surface area contributed by atoms with E-state index in [0.717, 1.165) is 19.4 Å². The van der Waals surface area contributed by atoms with Gasteiger partial charge in [-0.1, -0.05) is 27.2 Å². The van der Waals surface area contributed by atoms with Gasteiger partial charge in [0.1, 0.15) is 11.4 Å². The van der Waals surface area contributed by atoms with Gasteiger partial charge in [-0.25, -0.2) is 0 Å². The van der Waals surface area contributed by atoms with Gasteiger partial charge in [0.05, 0.1) is 0 Å². The standard InChI is InChI=1S/C14H24N2O2/c1-5-15-10-11(13(18)12(10)17)16-9-7-6-8-14(2,3)4/h15-16H,5-9H2,1-4H3. The molecule has 102 valence electrons. The van der Waals surface area contributed by atoms with Crippen molar-refractivity contribution in [3.05, 3.63) is 20.4 Å². The molecule has 0 aliphatic rings. The predicted molar refractivity (Wildman–Crippen MR) is 77.3 cm³/mol. The van der Waals surface area contributed by atoms with Crippen molar-refractivity contribution in [2.45, 2.75) is 47.0 Å². The van der Waals surface area contributed by atoms with Crippen LogP contribution >= 0.6 is 0 Å². The molecule has 0 saturated carbocycles. The summed E-state index contributed by atoms with van der Waals surface area (Å²) in [5.41, 5.74) is 0.503. The molecule has 0 radical (unpaired) electrons. The van der Waals surface area contributed by atoms with Crippen molar-refractivity contribution in [3.8, 4) is 0 Å². The molecule has 0 amide bonds. The topological polar surface area (TPSA) is 58.2 Å². The van der Waals surface area contributed by atoms with Crippen LogP contribution in [0.2, 0.25) is 0 Å². The van der Waals surface area contributed by atoms with E-state index < -0.39 is 5.43 Å². The fourth-order valence-corrected chi connectivity index (χ4v) is 1.90. The first-order valence-corrected chi connectivity index (χ1v) is 6.68. The van der Waals surface area contributed by atoms with Crippen LogP contribution in [0, 0.1) is 5.41 Å². The molecule has 1 aromatic carbocycles. The van der Waals surface area contributed by atoms with Crippen LogP contribution in [0.5, 0.6) is 0 Å². The van der Waals surface area contributed by atoms with Crippen molar-refractivity contribution in [1.29, 1.82) is 0 Å². The van der Waals surface area contributed by atoms with E-state index in [9.17, 15) is 9.59 Å². The molecule has 0 heterocycles. The van der Waals surface area contributed by atoms with Gasteiger partial charge in [0.2, 0.25) is 0 Å². The highest BCUT2D eigenvalue weighted by Crippen LogP contribution is 2.21. The lowest BCUT2D eigenvalue weighted by molar-refractivity contribution is 0.362. The van der Waals surface area contributed by atoms with Crippen molar-refractivity contribution < 1.29 is 0 Å². The minimum absolute atomic E-state index is 0.358. The van der Waals surface area contributed by atoms with Crippen molar-refractivity contribution in [2.24, 2.45) is 5.41 Å². The lowest BCUT2D eigenvalue weighted by atomic mass is 9.90. The Labute approximate surface area is 108 Å². The Kier molecular flexibility index (Phi) is 4.93. The first kappa shape index (κ1) is 14.7. The Hall–Kier alpha value is -1.32. The summed E-state index contributed by atoms with van der Waals surface area (Å²) in [6, 6.07) is 0. The van der Waals surface area contributed by atoms with Crippen molar-refractivity contribution >= 4 is 11.4 Å². The van der Waals surface area contributed by atoms with Gasteiger partial charge in [-0.2, -0.15) is 0 Å². The van der Waals surface area contributed by atoms with Gasteiger partial charge in [0.25, 0.3) is 10.9 Å². The molecule has 2 N–H and O–H groups in total. The SMILES string of the molecule is CCNc1c(NCCCCC(C)(C)C)c(=O)c1=O. The summed E-state index contributed by atoms with van der Waals surface area (Å²) in [7, 11) is 0. The first-order chi connectivity index (χ1) is 8.37. The molecular formula is C14H24N2O2. The van der Waals surface area contributed by atoms with Crippen LogP contribution in [0.25, 0.3) is 0 Å². The summed E-state index contributed by atoms with van der Waals surface area (Å²) < 4.78 is 0. The maximum atomic E-state index is 11.4. The number of anilines is 2. The zero-order chi connectivity index (χ0) is 13.8. The molecule has 0 aliphatic heterocycles. The predicted octanol–water partition coefficient (Wildman–Crippen LogP) is 2.34. The third-order valence-corrected chi connectivity index (χ3v) is 2.92. The number of hydrogen-bond donors (Lipinski definition) is 2. The van der Waals surface area contributed by atoms with E-state index in [1.807, 2.05) is 6.92 Å². The van der Waals surface area contributed by atoms with Gasteiger partial charge in [-0.05, 0) is 25.2 Å². The second-order valence-electron chi connectivity index (χ2n) is 5.88. The zero-order valence-electron chi connectivity index (χ0n) is 11.9. The summed E-state index contributed by atoms with van der Waals surface area (Å²) >= 11 is 0. The van der Waals surface area contributed by atoms with E-state index in [2.05, 4.69) is 31.4 Å². The molecule has 0 aromatic heterocycles. The number of hydrogen-bond acceptors (Lipinski definition) is 4. The molecule has 0 spiro atoms. The quantitative estimate of drug-likeness (QED) is 0.577. The monoisotopic (exact) mass is 252 g/mol. The molecule has 0 fully saturated rings. The maximum absolute atomic E-state index is 11.4. The highest BCUT2D eigenvalue weighted by atomic mass is 16.2. The van der Waals surface area contributed by atoms with Crippen LogP contribution in [0.3, 0.4) is 0 Å². The highest BCUT2D eigenvalue weighted by molar-refractivity contribution is 5.73. The Balaban J connectivity index is 2.34. The number of unbranched alkanes of at least 4 members (excludes halogenated alkanes) is 1. The van der Waals surface area contributed by atoms with Gasteiger partial charge < -0.3 is 10.6 Å². The van der Waals surface area contributed by atoms with E-state index in [0.29, 0.717) is 23.3 Å². The lowest BCUT2D eigenvalue weighted by Gasteiger charge is -2.18. The molecule has 1 rings (SSSR count). The molecule has 1 aromatic rings. The smallest absolute Gasteiger partial charge is 0.253 e. The molecule has 0 aliphatic carbocycles. The van der Waals surface area contributed by atoms with Crippen LogP contribution in [0.15, 0.2) is 9.59 Å². The third kappa shape index (κ3) is 3.86. The van der Waals surface area contributed by atoms with Gasteiger partial charge in [-0.15, -0.1) is 0 Å². The van der Waals surface area contributed by atoms with Crippen LogP contribution in [-0.4, -0.2) is 13.1 Å². The normalized spacial score (nSPS) is 11.8. The Bertz CT molecular complexity index is 451. The van der Waals surface area contributed by atoms with Crippen LogP contribution < -0.4 is 21.5 Å². The Morgan fingerprint density at radius 1 is 0.944 bits per heavy atom. The minimum Gasteiger partial charge on any atom is -0.380 e. The largest absolute Gasteiger partial charge is 0.380 e. The Morgan fingerprint density at radius 3 is 2.00 bits per heavy atom. The summed E-state index contributed by atoms with van der Waals surface area (Å²) in [6.45, 7) is 9.98. The van der Waals surface area contributed by atoms with Crippen LogP contribution in [-0.2, 0) is 0 Å². The van der Waals surface area contributed by atoms with Crippen LogP contribution in [0.4, 0.5) is 11.4 Å². The van der Waals surface area contributed by atoms with E-state index in [1.165, 1.54) is 6.42 Å². The van der Waals surface area contributed by atoms with Crippen LogP contribution in [0.1, 0.15) is 47.0 Å². The second-order valence-corrected chi connectivity index (χ2v) is 5.88. The van der Waals surface area contributed by atoms with Crippen molar-refractivity contribution in [3.63, 3.8) is 0 Å². The number of rotatable bonds is 7. The molecule has 0 atom stereocenters. The Morgan fingerprint density at radius 2 is 1.50 bits per heavy atom. The molecule has 0 saturated heterocycles. The maximum Gasteiger partial charge on any atom is 0.253 e. The number of nitrogens with one attached hydrogen (secondary N) is 2. The molecule has 18 heavy (non-hydrogen) atoms. The molecule has 4 nitrogen and oxygen atoms in total. The molecule has 0 bridgehead atoms. The first-order valence-electron chi connectivity index (χ1n) is 6.68. The fourth-order valence-electron chi connectivity index (χ4n) is 1.90. The highest BCUT2D eigenvalue weighted by Gasteiger charge is 2.19. The average molecular weight is 252 g/mol. The third-order valence-electron chi connectivity index (χ3n) is 2.92. The van der Waals surface area contributed by atoms with Gasteiger partial charge >= 0.3 is 0 Å². The van der Waals surface area contributed by atoms with E-state index in [-0.39, 0.29) is 5.43 Å². The van der Waals surface area contributed by atoms with Gasteiger partial charge in [-0.3, -0.25) is 9.59 Å².